The summed E-state index contributed by atoms with van der Waals surface area (Å²) in [5.74, 6) is 1.91. The van der Waals surface area contributed by atoms with Gasteiger partial charge in [-0.05, 0) is 24.3 Å². The standard InChI is InChI=1S/C17H19ClN4O2/c18-14-10-19-16(23)7-15(14)24-13-3-5-22(6-4-13)17-20-8-12(9-21-17)11-1-2-11/h7-11,13H,1-6H2,(H,19,23). The van der Waals surface area contributed by atoms with E-state index in [0.717, 1.165) is 31.9 Å². The van der Waals surface area contributed by atoms with Crippen LogP contribution >= 0.6 is 11.6 Å². The summed E-state index contributed by atoms with van der Waals surface area (Å²) in [5.41, 5.74) is 1.04. The minimum Gasteiger partial charge on any atom is -0.488 e. The molecule has 2 fully saturated rings. The van der Waals surface area contributed by atoms with Crippen LogP contribution in [0.15, 0.2) is 29.5 Å². The van der Waals surface area contributed by atoms with E-state index < -0.39 is 0 Å². The number of pyridine rings is 1. The van der Waals surface area contributed by atoms with Gasteiger partial charge in [0.25, 0.3) is 5.56 Å². The van der Waals surface area contributed by atoms with Gasteiger partial charge in [-0.3, -0.25) is 4.79 Å². The average Bonchev–Trinajstić information content (AvgIpc) is 3.44. The zero-order valence-corrected chi connectivity index (χ0v) is 14.0. The molecule has 1 saturated carbocycles. The SMILES string of the molecule is O=c1cc(OC2CCN(c3ncc(C4CC4)cn3)CC2)c(Cl)c[nH]1. The second-order valence-electron chi connectivity index (χ2n) is 6.40. The molecule has 0 aromatic carbocycles. The molecule has 0 atom stereocenters. The molecule has 0 amide bonds. The van der Waals surface area contributed by atoms with E-state index in [0.29, 0.717) is 16.7 Å². The van der Waals surface area contributed by atoms with Gasteiger partial charge in [-0.15, -0.1) is 0 Å². The number of piperidine rings is 1. The molecule has 3 heterocycles. The molecule has 2 aromatic heterocycles. The second-order valence-corrected chi connectivity index (χ2v) is 6.81. The van der Waals surface area contributed by atoms with Gasteiger partial charge in [0.2, 0.25) is 5.95 Å². The van der Waals surface area contributed by atoms with Crippen LogP contribution in [-0.4, -0.2) is 34.1 Å². The topological polar surface area (TPSA) is 71.1 Å². The maximum atomic E-state index is 11.4. The van der Waals surface area contributed by atoms with Gasteiger partial charge in [0.15, 0.2) is 0 Å². The van der Waals surface area contributed by atoms with Gasteiger partial charge >= 0.3 is 0 Å². The Balaban J connectivity index is 1.36. The summed E-state index contributed by atoms with van der Waals surface area (Å²) in [6.07, 6.45) is 9.63. The zero-order valence-electron chi connectivity index (χ0n) is 13.2. The third-order valence-electron chi connectivity index (χ3n) is 4.56. The van der Waals surface area contributed by atoms with Gasteiger partial charge in [0.05, 0.1) is 5.02 Å². The van der Waals surface area contributed by atoms with Crippen LogP contribution in [0.1, 0.15) is 37.2 Å². The first-order valence-electron chi connectivity index (χ1n) is 8.31. The molecule has 6 nitrogen and oxygen atoms in total. The molecular formula is C17H19ClN4O2. The minimum atomic E-state index is -0.212. The molecule has 0 radical (unpaired) electrons. The predicted molar refractivity (Wildman–Crippen MR) is 91.9 cm³/mol. The highest BCUT2D eigenvalue weighted by Crippen LogP contribution is 2.39. The quantitative estimate of drug-likeness (QED) is 0.921. The third kappa shape index (κ3) is 3.38. The van der Waals surface area contributed by atoms with Crippen molar-refractivity contribution in [1.29, 1.82) is 0 Å². The number of hydrogen-bond donors (Lipinski definition) is 1. The molecule has 0 unspecified atom stereocenters. The van der Waals surface area contributed by atoms with E-state index in [1.165, 1.54) is 30.7 Å². The Morgan fingerprint density at radius 3 is 2.54 bits per heavy atom. The summed E-state index contributed by atoms with van der Waals surface area (Å²) < 4.78 is 5.89. The van der Waals surface area contributed by atoms with Crippen LogP contribution in [0.4, 0.5) is 5.95 Å². The Bertz CT molecular complexity index is 765. The molecule has 0 spiro atoms. The highest BCUT2D eigenvalue weighted by molar-refractivity contribution is 6.31. The van der Waals surface area contributed by atoms with E-state index in [4.69, 9.17) is 16.3 Å². The zero-order chi connectivity index (χ0) is 16.5. The van der Waals surface area contributed by atoms with E-state index in [1.54, 1.807) is 0 Å². The fourth-order valence-corrected chi connectivity index (χ4v) is 3.15. The monoisotopic (exact) mass is 346 g/mol. The van der Waals surface area contributed by atoms with Gasteiger partial charge in [-0.1, -0.05) is 11.6 Å². The number of rotatable bonds is 4. The molecule has 2 aromatic rings. The second kappa shape index (κ2) is 6.43. The number of aromatic amines is 1. The van der Waals surface area contributed by atoms with Crippen LogP contribution < -0.4 is 15.2 Å². The molecule has 126 valence electrons. The maximum absolute atomic E-state index is 11.4. The Morgan fingerprint density at radius 2 is 1.88 bits per heavy atom. The van der Waals surface area contributed by atoms with Gasteiger partial charge < -0.3 is 14.6 Å². The average molecular weight is 347 g/mol. The van der Waals surface area contributed by atoms with E-state index in [-0.39, 0.29) is 11.7 Å². The summed E-state index contributed by atoms with van der Waals surface area (Å²) in [5, 5.41) is 0.427. The summed E-state index contributed by atoms with van der Waals surface area (Å²) in [4.78, 5) is 25.1. The number of anilines is 1. The van der Waals surface area contributed by atoms with Crippen molar-refractivity contribution in [3.05, 3.63) is 45.6 Å². The Morgan fingerprint density at radius 1 is 1.17 bits per heavy atom. The van der Waals surface area contributed by atoms with Crippen molar-refractivity contribution in [2.45, 2.75) is 37.7 Å². The number of halogens is 1. The molecule has 7 heteroatoms. The van der Waals surface area contributed by atoms with Crippen molar-refractivity contribution < 1.29 is 4.74 Å². The number of aromatic nitrogens is 3. The molecule has 4 rings (SSSR count). The van der Waals surface area contributed by atoms with Crippen LogP contribution in [0, 0.1) is 0 Å². The molecule has 1 N–H and O–H groups in total. The first-order chi connectivity index (χ1) is 11.7. The number of nitrogens with one attached hydrogen (secondary N) is 1. The highest BCUT2D eigenvalue weighted by Gasteiger charge is 2.26. The van der Waals surface area contributed by atoms with Crippen molar-refractivity contribution in [2.75, 3.05) is 18.0 Å². The molecular weight excluding hydrogens is 328 g/mol. The van der Waals surface area contributed by atoms with Gasteiger partial charge in [0.1, 0.15) is 11.9 Å². The minimum absolute atomic E-state index is 0.0475. The van der Waals surface area contributed by atoms with E-state index in [1.807, 2.05) is 12.4 Å². The smallest absolute Gasteiger partial charge is 0.251 e. The van der Waals surface area contributed by atoms with Crippen LogP contribution in [0.3, 0.4) is 0 Å². The normalized spacial score (nSPS) is 18.6. The molecule has 1 aliphatic carbocycles. The summed E-state index contributed by atoms with van der Waals surface area (Å²) in [6.45, 7) is 1.66. The fraction of sp³-hybridized carbons (Fsp3) is 0.471. The Hall–Kier alpha value is -2.08. The van der Waals surface area contributed by atoms with E-state index in [2.05, 4.69) is 19.9 Å². The Labute approximate surface area is 144 Å². The van der Waals surface area contributed by atoms with Crippen LogP contribution in [-0.2, 0) is 0 Å². The molecule has 24 heavy (non-hydrogen) atoms. The number of hydrogen-bond acceptors (Lipinski definition) is 5. The summed E-state index contributed by atoms with van der Waals surface area (Å²) in [7, 11) is 0. The molecule has 1 aliphatic heterocycles. The molecule has 1 saturated heterocycles. The lowest BCUT2D eigenvalue weighted by molar-refractivity contribution is 0.170. The Kier molecular flexibility index (Phi) is 4.14. The number of H-pyrrole nitrogens is 1. The molecule has 2 aliphatic rings. The van der Waals surface area contributed by atoms with Crippen LogP contribution in [0.2, 0.25) is 5.02 Å². The lowest BCUT2D eigenvalue weighted by Crippen LogP contribution is -2.39. The first kappa shape index (κ1) is 15.4. The van der Waals surface area contributed by atoms with Gasteiger partial charge in [-0.25, -0.2) is 9.97 Å². The lowest BCUT2D eigenvalue weighted by Gasteiger charge is -2.32. The lowest BCUT2D eigenvalue weighted by atomic mass is 10.1. The van der Waals surface area contributed by atoms with Crippen molar-refractivity contribution >= 4 is 17.5 Å². The predicted octanol–water partition coefficient (Wildman–Crippen LogP) is 2.74. The van der Waals surface area contributed by atoms with Crippen molar-refractivity contribution in [3.8, 4) is 5.75 Å². The first-order valence-corrected chi connectivity index (χ1v) is 8.68. The highest BCUT2D eigenvalue weighted by atomic mass is 35.5. The summed E-state index contributed by atoms with van der Waals surface area (Å²) >= 11 is 6.06. The third-order valence-corrected chi connectivity index (χ3v) is 4.86. The summed E-state index contributed by atoms with van der Waals surface area (Å²) in [6, 6.07) is 1.40. The maximum Gasteiger partial charge on any atom is 0.251 e. The van der Waals surface area contributed by atoms with Crippen molar-refractivity contribution in [2.24, 2.45) is 0 Å². The number of nitrogens with zero attached hydrogens (tertiary/aromatic N) is 3. The van der Waals surface area contributed by atoms with Crippen molar-refractivity contribution in [3.63, 3.8) is 0 Å². The van der Waals surface area contributed by atoms with E-state index in [9.17, 15) is 4.79 Å². The van der Waals surface area contributed by atoms with Gasteiger partial charge in [-0.2, -0.15) is 0 Å². The largest absolute Gasteiger partial charge is 0.488 e. The van der Waals surface area contributed by atoms with Crippen molar-refractivity contribution in [1.82, 2.24) is 15.0 Å². The van der Waals surface area contributed by atoms with E-state index >= 15 is 0 Å². The van der Waals surface area contributed by atoms with Crippen LogP contribution in [0.5, 0.6) is 5.75 Å². The number of ether oxygens (including phenoxy) is 1. The fourth-order valence-electron chi connectivity index (χ4n) is 3.00. The van der Waals surface area contributed by atoms with Crippen LogP contribution in [0.25, 0.3) is 0 Å². The molecule has 0 bridgehead atoms. The van der Waals surface area contributed by atoms with Gasteiger partial charge in [0, 0.05) is 50.6 Å².